The van der Waals surface area contributed by atoms with Gasteiger partial charge >= 0.3 is 12.1 Å². The number of carboxylic acids is 1. The molecule has 1 N–H and O–H groups in total. The Balaban J connectivity index is 2.78. The van der Waals surface area contributed by atoms with Crippen LogP contribution in [0, 0.1) is 0 Å². The highest BCUT2D eigenvalue weighted by molar-refractivity contribution is 5.97. The fourth-order valence-electron chi connectivity index (χ4n) is 1.80. The van der Waals surface area contributed by atoms with Crippen LogP contribution in [-0.2, 0) is 6.18 Å². The first-order valence-electron chi connectivity index (χ1n) is 5.25. The Morgan fingerprint density at radius 1 is 1.11 bits per heavy atom. The Hall–Kier alpha value is -2.37. The first-order valence-corrected chi connectivity index (χ1v) is 5.25. The largest absolute Gasteiger partial charge is 0.478 e. The van der Waals surface area contributed by atoms with Gasteiger partial charge in [0.25, 0.3) is 0 Å². The number of benzene rings is 1. The van der Waals surface area contributed by atoms with Gasteiger partial charge in [-0.25, -0.2) is 4.79 Å². The van der Waals surface area contributed by atoms with Gasteiger partial charge in [-0.1, -0.05) is 6.07 Å². The van der Waals surface area contributed by atoms with E-state index in [1.165, 1.54) is 24.5 Å². The predicted octanol–water partition coefficient (Wildman–Crippen LogP) is 3.47. The molecule has 0 saturated carbocycles. The number of aromatic carboxylic acids is 1. The van der Waals surface area contributed by atoms with Crippen molar-refractivity contribution in [1.29, 1.82) is 0 Å². The molecule has 0 spiro atoms. The third kappa shape index (κ3) is 2.57. The predicted molar refractivity (Wildman–Crippen MR) is 61.6 cm³/mol. The van der Waals surface area contributed by atoms with Gasteiger partial charge in [-0.05, 0) is 29.8 Å². The number of rotatable bonds is 2. The van der Waals surface area contributed by atoms with Gasteiger partial charge in [-0.2, -0.15) is 13.2 Å². The Morgan fingerprint density at radius 2 is 1.74 bits per heavy atom. The van der Waals surface area contributed by atoms with Crippen molar-refractivity contribution in [2.75, 3.05) is 0 Å². The van der Waals surface area contributed by atoms with Crippen LogP contribution in [0.5, 0.6) is 0 Å². The summed E-state index contributed by atoms with van der Waals surface area (Å²) < 4.78 is 38.9. The van der Waals surface area contributed by atoms with E-state index in [0.717, 1.165) is 18.2 Å². The summed E-state index contributed by atoms with van der Waals surface area (Å²) >= 11 is 0. The first-order chi connectivity index (χ1) is 8.91. The number of alkyl halides is 3. The normalized spacial score (nSPS) is 11.3. The number of carboxylic acid groups (broad SMARTS) is 1. The van der Waals surface area contributed by atoms with Gasteiger partial charge in [0.05, 0.1) is 11.1 Å². The fourth-order valence-corrected chi connectivity index (χ4v) is 1.80. The van der Waals surface area contributed by atoms with Crippen LogP contribution in [0.3, 0.4) is 0 Å². The molecule has 0 aliphatic rings. The molecule has 0 amide bonds. The molecule has 6 heteroatoms. The third-order valence-electron chi connectivity index (χ3n) is 2.57. The van der Waals surface area contributed by atoms with E-state index in [1.54, 1.807) is 0 Å². The summed E-state index contributed by atoms with van der Waals surface area (Å²) in [4.78, 5) is 14.8. The standard InChI is InChI=1S/C13H8F3NO2/c14-13(15,16)10-3-1-2-9(12(18)19)11(10)8-4-6-17-7-5-8/h1-7H,(H,18,19). The first kappa shape index (κ1) is 13.1. The van der Waals surface area contributed by atoms with Crippen LogP contribution in [0.15, 0.2) is 42.7 Å². The Bertz CT molecular complexity index is 609. The number of hydrogen-bond donors (Lipinski definition) is 1. The minimum Gasteiger partial charge on any atom is -0.478 e. The number of hydrogen-bond acceptors (Lipinski definition) is 2. The molecular weight excluding hydrogens is 259 g/mol. The van der Waals surface area contributed by atoms with Crippen molar-refractivity contribution in [3.05, 3.63) is 53.9 Å². The van der Waals surface area contributed by atoms with E-state index in [9.17, 15) is 18.0 Å². The summed E-state index contributed by atoms with van der Waals surface area (Å²) in [6.45, 7) is 0. The van der Waals surface area contributed by atoms with E-state index in [2.05, 4.69) is 4.98 Å². The highest BCUT2D eigenvalue weighted by Crippen LogP contribution is 2.38. The van der Waals surface area contributed by atoms with Crippen LogP contribution in [0.2, 0.25) is 0 Å². The Kier molecular flexibility index (Phi) is 3.25. The molecule has 0 fully saturated rings. The lowest BCUT2D eigenvalue weighted by molar-refractivity contribution is -0.137. The minimum atomic E-state index is -4.62. The molecular formula is C13H8F3NO2. The Labute approximate surface area is 106 Å². The Morgan fingerprint density at radius 3 is 2.26 bits per heavy atom. The molecule has 0 aliphatic heterocycles. The van der Waals surface area contributed by atoms with Gasteiger partial charge in [0.2, 0.25) is 0 Å². The smallest absolute Gasteiger partial charge is 0.417 e. The summed E-state index contributed by atoms with van der Waals surface area (Å²) in [7, 11) is 0. The number of pyridine rings is 1. The number of halogens is 3. The lowest BCUT2D eigenvalue weighted by Crippen LogP contribution is -2.11. The molecule has 1 aromatic carbocycles. The molecule has 0 atom stereocenters. The number of carbonyl (C=O) groups is 1. The zero-order valence-corrected chi connectivity index (χ0v) is 9.48. The zero-order chi connectivity index (χ0) is 14.0. The van der Waals surface area contributed by atoms with Gasteiger partial charge < -0.3 is 5.11 Å². The number of aromatic nitrogens is 1. The second-order valence-electron chi connectivity index (χ2n) is 3.77. The van der Waals surface area contributed by atoms with Gasteiger partial charge in [-0.15, -0.1) is 0 Å². The summed E-state index contributed by atoms with van der Waals surface area (Å²) in [6, 6.07) is 5.78. The van der Waals surface area contributed by atoms with Crippen molar-refractivity contribution in [2.24, 2.45) is 0 Å². The SMILES string of the molecule is O=C(O)c1cccc(C(F)(F)F)c1-c1ccncc1. The highest BCUT2D eigenvalue weighted by Gasteiger charge is 2.35. The molecule has 98 valence electrons. The van der Waals surface area contributed by atoms with Crippen LogP contribution in [0.25, 0.3) is 11.1 Å². The molecule has 19 heavy (non-hydrogen) atoms. The summed E-state index contributed by atoms with van der Waals surface area (Å²) in [5.41, 5.74) is -1.54. The van der Waals surface area contributed by atoms with E-state index >= 15 is 0 Å². The van der Waals surface area contributed by atoms with Crippen molar-refractivity contribution >= 4 is 5.97 Å². The van der Waals surface area contributed by atoms with Crippen molar-refractivity contribution in [3.8, 4) is 11.1 Å². The molecule has 0 unspecified atom stereocenters. The quantitative estimate of drug-likeness (QED) is 0.906. The molecule has 1 aromatic heterocycles. The second-order valence-corrected chi connectivity index (χ2v) is 3.77. The molecule has 2 rings (SSSR count). The summed E-state index contributed by atoms with van der Waals surface area (Å²) in [6.07, 6.45) is -1.99. The van der Waals surface area contributed by atoms with Gasteiger partial charge in [0.1, 0.15) is 0 Å². The fraction of sp³-hybridized carbons (Fsp3) is 0.0769. The lowest BCUT2D eigenvalue weighted by atomic mass is 9.94. The molecule has 0 bridgehead atoms. The van der Waals surface area contributed by atoms with Crippen molar-refractivity contribution in [3.63, 3.8) is 0 Å². The zero-order valence-electron chi connectivity index (χ0n) is 9.48. The molecule has 2 aromatic rings. The molecule has 1 heterocycles. The molecule has 0 aliphatic carbocycles. The van der Waals surface area contributed by atoms with Crippen molar-refractivity contribution < 1.29 is 23.1 Å². The maximum Gasteiger partial charge on any atom is 0.417 e. The summed E-state index contributed by atoms with van der Waals surface area (Å²) in [5.74, 6) is -1.40. The lowest BCUT2D eigenvalue weighted by Gasteiger charge is -2.15. The second kappa shape index (κ2) is 4.72. The average molecular weight is 267 g/mol. The minimum absolute atomic E-state index is 0.167. The molecule has 0 saturated heterocycles. The van der Waals surface area contributed by atoms with Crippen molar-refractivity contribution in [1.82, 2.24) is 4.98 Å². The summed E-state index contributed by atoms with van der Waals surface area (Å²) in [5, 5.41) is 9.03. The van der Waals surface area contributed by atoms with Crippen LogP contribution < -0.4 is 0 Å². The maximum atomic E-state index is 13.0. The maximum absolute atomic E-state index is 13.0. The van der Waals surface area contributed by atoms with Gasteiger partial charge in [-0.3, -0.25) is 4.98 Å². The topological polar surface area (TPSA) is 50.2 Å². The van der Waals surface area contributed by atoms with Crippen LogP contribution >= 0.6 is 0 Å². The van der Waals surface area contributed by atoms with E-state index < -0.39 is 17.7 Å². The monoisotopic (exact) mass is 267 g/mol. The third-order valence-corrected chi connectivity index (χ3v) is 2.57. The molecule has 3 nitrogen and oxygen atoms in total. The van der Waals surface area contributed by atoms with E-state index in [4.69, 9.17) is 5.11 Å². The van der Waals surface area contributed by atoms with Crippen LogP contribution in [0.4, 0.5) is 13.2 Å². The van der Waals surface area contributed by atoms with E-state index in [-0.39, 0.29) is 16.7 Å². The van der Waals surface area contributed by atoms with Crippen molar-refractivity contribution in [2.45, 2.75) is 6.18 Å². The number of nitrogens with zero attached hydrogens (tertiary/aromatic N) is 1. The van der Waals surface area contributed by atoms with Gasteiger partial charge in [0.15, 0.2) is 0 Å². The van der Waals surface area contributed by atoms with E-state index in [0.29, 0.717) is 0 Å². The van der Waals surface area contributed by atoms with Crippen LogP contribution in [-0.4, -0.2) is 16.1 Å². The van der Waals surface area contributed by atoms with E-state index in [1.807, 2.05) is 0 Å². The average Bonchev–Trinajstić information content (AvgIpc) is 2.37. The highest BCUT2D eigenvalue weighted by atomic mass is 19.4. The van der Waals surface area contributed by atoms with Gasteiger partial charge in [0, 0.05) is 18.0 Å². The van der Waals surface area contributed by atoms with Crippen LogP contribution in [0.1, 0.15) is 15.9 Å². The molecule has 0 radical (unpaired) electrons.